The molecule has 1 aromatic heterocycles. The molecule has 0 radical (unpaired) electrons. The number of halogens is 2. The first-order valence-corrected chi connectivity index (χ1v) is 9.05. The molecule has 0 atom stereocenters. The fourth-order valence-electron chi connectivity index (χ4n) is 2.54. The highest BCUT2D eigenvalue weighted by atomic mass is 35.5. The smallest absolute Gasteiger partial charge is 0.176 e. The van der Waals surface area contributed by atoms with Crippen molar-refractivity contribution in [2.75, 3.05) is 24.9 Å². The highest BCUT2D eigenvalue weighted by molar-refractivity contribution is 7.80. The van der Waals surface area contributed by atoms with E-state index in [0.717, 1.165) is 0 Å². The molecule has 146 valence electrons. The van der Waals surface area contributed by atoms with E-state index in [4.69, 9.17) is 33.3 Å². The summed E-state index contributed by atoms with van der Waals surface area (Å²) in [5, 5.41) is 11.0. The van der Waals surface area contributed by atoms with Crippen LogP contribution in [0.3, 0.4) is 0 Å². The van der Waals surface area contributed by atoms with Gasteiger partial charge in [0.15, 0.2) is 10.9 Å². The normalized spacial score (nSPS) is 10.4. The molecule has 0 bridgehead atoms. The Kier molecular flexibility index (Phi) is 6.33. The van der Waals surface area contributed by atoms with Crippen LogP contribution in [0.15, 0.2) is 48.7 Å². The van der Waals surface area contributed by atoms with Crippen molar-refractivity contribution < 1.29 is 13.9 Å². The molecule has 2 aromatic carbocycles. The van der Waals surface area contributed by atoms with E-state index >= 15 is 0 Å². The van der Waals surface area contributed by atoms with Crippen molar-refractivity contribution >= 4 is 40.4 Å². The third-order valence-electron chi connectivity index (χ3n) is 3.92. The average molecular weight is 421 g/mol. The Morgan fingerprint density at radius 3 is 2.71 bits per heavy atom. The van der Waals surface area contributed by atoms with Gasteiger partial charge in [-0.2, -0.15) is 5.10 Å². The van der Waals surface area contributed by atoms with E-state index in [1.54, 1.807) is 61.5 Å². The van der Waals surface area contributed by atoms with Crippen molar-refractivity contribution in [3.05, 3.63) is 65.1 Å². The van der Waals surface area contributed by atoms with E-state index in [1.807, 2.05) is 0 Å². The van der Waals surface area contributed by atoms with Gasteiger partial charge in [-0.1, -0.05) is 17.7 Å². The predicted molar refractivity (Wildman–Crippen MR) is 112 cm³/mol. The highest BCUT2D eigenvalue weighted by Crippen LogP contribution is 2.29. The van der Waals surface area contributed by atoms with Crippen molar-refractivity contribution in [1.29, 1.82) is 0 Å². The molecular formula is C19H18ClFN4O2S. The van der Waals surface area contributed by atoms with Crippen LogP contribution in [0.5, 0.6) is 11.5 Å². The fourth-order valence-corrected chi connectivity index (χ4v) is 2.98. The Hall–Kier alpha value is -2.84. The number of methoxy groups -OCH3 is 2. The number of hydrogen-bond acceptors (Lipinski definition) is 4. The monoisotopic (exact) mass is 420 g/mol. The van der Waals surface area contributed by atoms with Gasteiger partial charge in [-0.05, 0) is 36.5 Å². The molecule has 9 heteroatoms. The Morgan fingerprint density at radius 1 is 1.18 bits per heavy atom. The third kappa shape index (κ3) is 4.71. The van der Waals surface area contributed by atoms with Crippen molar-refractivity contribution in [3.63, 3.8) is 0 Å². The zero-order valence-corrected chi connectivity index (χ0v) is 16.8. The Balaban J connectivity index is 1.68. The van der Waals surface area contributed by atoms with E-state index in [2.05, 4.69) is 15.7 Å². The SMILES string of the molecule is COc1ccc(OC)c(NC(=S)Nc2ccn(Cc3c(F)cccc3Cl)n2)c1. The van der Waals surface area contributed by atoms with E-state index in [0.29, 0.717) is 38.7 Å². The lowest BCUT2D eigenvalue weighted by Gasteiger charge is -2.13. The summed E-state index contributed by atoms with van der Waals surface area (Å²) in [5.74, 6) is 1.41. The maximum atomic E-state index is 13.9. The van der Waals surface area contributed by atoms with Crippen LogP contribution in [-0.4, -0.2) is 29.1 Å². The van der Waals surface area contributed by atoms with Crippen LogP contribution in [0.25, 0.3) is 0 Å². The van der Waals surface area contributed by atoms with Crippen LogP contribution in [0, 0.1) is 5.82 Å². The van der Waals surface area contributed by atoms with Gasteiger partial charge in [-0.3, -0.25) is 4.68 Å². The van der Waals surface area contributed by atoms with Crippen LogP contribution in [0.2, 0.25) is 5.02 Å². The zero-order valence-electron chi connectivity index (χ0n) is 15.2. The standard InChI is InChI=1S/C19H18ClFN4O2S/c1-26-12-6-7-17(27-2)16(10-12)22-19(28)23-18-8-9-25(24-18)11-13-14(20)4-3-5-15(13)21/h3-10H,11H2,1-2H3,(H2,22,23,24,28). The number of benzene rings is 2. The minimum atomic E-state index is -0.375. The van der Waals surface area contributed by atoms with E-state index in [-0.39, 0.29) is 12.4 Å². The third-order valence-corrected chi connectivity index (χ3v) is 4.48. The highest BCUT2D eigenvalue weighted by Gasteiger charge is 2.10. The van der Waals surface area contributed by atoms with Crippen LogP contribution < -0.4 is 20.1 Å². The number of anilines is 2. The lowest BCUT2D eigenvalue weighted by atomic mass is 10.2. The number of ether oxygens (including phenoxy) is 2. The van der Waals surface area contributed by atoms with Crippen molar-refractivity contribution in [2.45, 2.75) is 6.54 Å². The summed E-state index contributed by atoms with van der Waals surface area (Å²) in [6.45, 7) is 0.205. The Bertz CT molecular complexity index is 976. The molecule has 28 heavy (non-hydrogen) atoms. The molecule has 0 spiro atoms. The second-order valence-corrected chi connectivity index (χ2v) is 6.56. The Morgan fingerprint density at radius 2 is 2.00 bits per heavy atom. The molecule has 0 amide bonds. The van der Waals surface area contributed by atoms with Gasteiger partial charge >= 0.3 is 0 Å². The molecular weight excluding hydrogens is 403 g/mol. The first-order valence-electron chi connectivity index (χ1n) is 8.26. The molecule has 1 heterocycles. The number of nitrogens with one attached hydrogen (secondary N) is 2. The molecule has 0 aliphatic rings. The quantitative estimate of drug-likeness (QED) is 0.570. The number of aromatic nitrogens is 2. The van der Waals surface area contributed by atoms with Crippen LogP contribution in [-0.2, 0) is 6.54 Å². The molecule has 2 N–H and O–H groups in total. The summed E-state index contributed by atoms with van der Waals surface area (Å²) in [4.78, 5) is 0. The van der Waals surface area contributed by atoms with Gasteiger partial charge in [0.2, 0.25) is 0 Å². The van der Waals surface area contributed by atoms with Gasteiger partial charge in [-0.25, -0.2) is 4.39 Å². The lowest BCUT2D eigenvalue weighted by Crippen LogP contribution is -2.20. The van der Waals surface area contributed by atoms with Gasteiger partial charge in [-0.15, -0.1) is 0 Å². The van der Waals surface area contributed by atoms with Crippen LogP contribution >= 0.6 is 23.8 Å². The van der Waals surface area contributed by atoms with Crippen molar-refractivity contribution in [2.24, 2.45) is 0 Å². The first-order chi connectivity index (χ1) is 13.5. The van der Waals surface area contributed by atoms with Gasteiger partial charge in [0, 0.05) is 28.9 Å². The zero-order chi connectivity index (χ0) is 20.1. The second-order valence-electron chi connectivity index (χ2n) is 5.74. The number of rotatable bonds is 6. The minimum Gasteiger partial charge on any atom is -0.497 e. The molecule has 0 fully saturated rings. The van der Waals surface area contributed by atoms with Crippen LogP contribution in [0.1, 0.15) is 5.56 Å². The molecule has 0 saturated heterocycles. The summed E-state index contributed by atoms with van der Waals surface area (Å²) in [7, 11) is 3.15. The number of hydrogen-bond donors (Lipinski definition) is 2. The molecule has 0 unspecified atom stereocenters. The predicted octanol–water partition coefficient (Wildman–Crippen LogP) is 4.55. The van der Waals surface area contributed by atoms with Gasteiger partial charge < -0.3 is 20.1 Å². The van der Waals surface area contributed by atoms with E-state index < -0.39 is 0 Å². The van der Waals surface area contributed by atoms with Crippen molar-refractivity contribution in [3.8, 4) is 11.5 Å². The largest absolute Gasteiger partial charge is 0.497 e. The maximum absolute atomic E-state index is 13.9. The maximum Gasteiger partial charge on any atom is 0.176 e. The summed E-state index contributed by atoms with van der Waals surface area (Å²) >= 11 is 11.4. The summed E-state index contributed by atoms with van der Waals surface area (Å²) in [5.41, 5.74) is 1.03. The van der Waals surface area contributed by atoms with Gasteiger partial charge in [0.05, 0.1) is 26.5 Å². The number of nitrogens with zero attached hydrogens (tertiary/aromatic N) is 2. The Labute approximate surface area is 172 Å². The van der Waals surface area contributed by atoms with E-state index in [9.17, 15) is 4.39 Å². The lowest BCUT2D eigenvalue weighted by molar-refractivity contribution is 0.405. The second kappa shape index (κ2) is 8.90. The molecule has 0 saturated carbocycles. The van der Waals surface area contributed by atoms with Crippen LogP contribution in [0.4, 0.5) is 15.9 Å². The van der Waals surface area contributed by atoms with E-state index in [1.165, 1.54) is 6.07 Å². The average Bonchev–Trinajstić information content (AvgIpc) is 3.11. The summed E-state index contributed by atoms with van der Waals surface area (Å²) in [6.07, 6.45) is 1.71. The first kappa shape index (κ1) is 19.9. The molecule has 6 nitrogen and oxygen atoms in total. The topological polar surface area (TPSA) is 60.3 Å². The minimum absolute atomic E-state index is 0.205. The van der Waals surface area contributed by atoms with Gasteiger partial charge in [0.1, 0.15) is 17.3 Å². The molecule has 3 aromatic rings. The molecule has 0 aliphatic heterocycles. The molecule has 3 rings (SSSR count). The summed E-state index contributed by atoms with van der Waals surface area (Å²) < 4.78 is 26.0. The summed E-state index contributed by atoms with van der Waals surface area (Å²) in [6, 6.07) is 11.6. The van der Waals surface area contributed by atoms with Crippen molar-refractivity contribution in [1.82, 2.24) is 9.78 Å². The number of thiocarbonyl (C=S) groups is 1. The fraction of sp³-hybridized carbons (Fsp3) is 0.158. The van der Waals surface area contributed by atoms with Gasteiger partial charge in [0.25, 0.3) is 0 Å². The molecule has 0 aliphatic carbocycles.